The van der Waals surface area contributed by atoms with Crippen LogP contribution in [0.1, 0.15) is 13.3 Å². The summed E-state index contributed by atoms with van der Waals surface area (Å²) in [6, 6.07) is 0. The molecular weight excluding hydrogens is 184 g/mol. The maximum absolute atomic E-state index is 9.65. The van der Waals surface area contributed by atoms with Gasteiger partial charge in [0.15, 0.2) is 0 Å². The number of aliphatic hydroxyl groups is 3. The fourth-order valence-electron chi connectivity index (χ4n) is 1.26. The number of rotatable bonds is 7. The summed E-state index contributed by atoms with van der Waals surface area (Å²) >= 11 is 0. The first kappa shape index (κ1) is 13.6. The normalized spacial score (nSPS) is 19.8. The molecule has 0 bridgehead atoms. The summed E-state index contributed by atoms with van der Waals surface area (Å²) in [5.41, 5.74) is 0. The largest absolute Gasteiger partial charge is 0.394 e. The summed E-state index contributed by atoms with van der Waals surface area (Å²) in [6.07, 6.45) is -0.243. The Bertz CT molecular complexity index is 156. The van der Waals surface area contributed by atoms with Gasteiger partial charge >= 0.3 is 0 Å². The minimum Gasteiger partial charge on any atom is -0.394 e. The van der Waals surface area contributed by atoms with E-state index in [2.05, 4.69) is 6.58 Å². The second-order valence-electron chi connectivity index (χ2n) is 3.42. The van der Waals surface area contributed by atoms with Crippen molar-refractivity contribution in [2.75, 3.05) is 13.7 Å². The predicted octanol–water partition coefficient (Wildman–Crippen LogP) is -0.0723. The SMILES string of the molecule is C=C[C@@H](O)C[C@H](O)[C@H](C)[C@H](CO)OC. The molecule has 0 unspecified atom stereocenters. The number of hydrogen-bond donors (Lipinski definition) is 3. The third-order valence-corrected chi connectivity index (χ3v) is 2.43. The summed E-state index contributed by atoms with van der Waals surface area (Å²) in [5.74, 6) is -0.223. The Balaban J connectivity index is 4.08. The summed E-state index contributed by atoms with van der Waals surface area (Å²) in [5, 5.41) is 27.8. The molecule has 0 heterocycles. The molecule has 0 saturated carbocycles. The highest BCUT2D eigenvalue weighted by Crippen LogP contribution is 2.15. The number of ether oxygens (including phenoxy) is 1. The zero-order chi connectivity index (χ0) is 11.1. The van der Waals surface area contributed by atoms with Gasteiger partial charge in [0, 0.05) is 19.4 Å². The molecule has 0 aromatic rings. The Hall–Kier alpha value is -0.420. The molecule has 0 aliphatic carbocycles. The smallest absolute Gasteiger partial charge is 0.0852 e. The van der Waals surface area contributed by atoms with Gasteiger partial charge in [-0.05, 0) is 0 Å². The van der Waals surface area contributed by atoms with Crippen molar-refractivity contribution in [3.8, 4) is 0 Å². The number of methoxy groups -OCH3 is 1. The van der Waals surface area contributed by atoms with E-state index in [1.807, 2.05) is 0 Å². The molecule has 0 rings (SSSR count). The highest BCUT2D eigenvalue weighted by Gasteiger charge is 2.24. The van der Waals surface area contributed by atoms with Crippen molar-refractivity contribution in [3.05, 3.63) is 12.7 Å². The predicted molar refractivity (Wildman–Crippen MR) is 53.9 cm³/mol. The van der Waals surface area contributed by atoms with Gasteiger partial charge in [0.1, 0.15) is 0 Å². The Morgan fingerprint density at radius 3 is 2.36 bits per heavy atom. The van der Waals surface area contributed by atoms with Crippen molar-refractivity contribution in [1.82, 2.24) is 0 Å². The van der Waals surface area contributed by atoms with Gasteiger partial charge < -0.3 is 20.1 Å². The highest BCUT2D eigenvalue weighted by atomic mass is 16.5. The fourth-order valence-corrected chi connectivity index (χ4v) is 1.26. The standard InChI is InChI=1S/C10H20O4/c1-4-8(12)5-9(13)7(2)10(6-11)14-3/h4,7-13H,1,5-6H2,2-3H3/t7-,8+,9-,10-/m0/s1. The minimum absolute atomic E-state index is 0.140. The van der Waals surface area contributed by atoms with Crippen LogP contribution in [-0.4, -0.2) is 47.3 Å². The molecule has 0 aromatic carbocycles. The molecule has 0 fully saturated rings. The average Bonchev–Trinajstić information content (AvgIpc) is 2.19. The topological polar surface area (TPSA) is 69.9 Å². The van der Waals surface area contributed by atoms with Crippen molar-refractivity contribution in [1.29, 1.82) is 0 Å². The molecule has 0 aliphatic heterocycles. The van der Waals surface area contributed by atoms with E-state index in [1.54, 1.807) is 6.92 Å². The van der Waals surface area contributed by atoms with Crippen molar-refractivity contribution in [2.45, 2.75) is 31.7 Å². The highest BCUT2D eigenvalue weighted by molar-refractivity contribution is 4.83. The zero-order valence-corrected chi connectivity index (χ0v) is 8.76. The van der Waals surface area contributed by atoms with E-state index in [0.717, 1.165) is 0 Å². The molecule has 84 valence electrons. The van der Waals surface area contributed by atoms with Gasteiger partial charge in [-0.1, -0.05) is 13.0 Å². The summed E-state index contributed by atoms with van der Waals surface area (Å²) in [7, 11) is 1.48. The fraction of sp³-hybridized carbons (Fsp3) is 0.800. The van der Waals surface area contributed by atoms with Crippen LogP contribution in [0.2, 0.25) is 0 Å². The van der Waals surface area contributed by atoms with Gasteiger partial charge in [-0.25, -0.2) is 0 Å². The van der Waals surface area contributed by atoms with Crippen molar-refractivity contribution in [3.63, 3.8) is 0 Å². The summed E-state index contributed by atoms with van der Waals surface area (Å²) in [6.45, 7) is 5.05. The molecule has 0 spiro atoms. The van der Waals surface area contributed by atoms with Gasteiger partial charge in [0.25, 0.3) is 0 Å². The molecule has 0 radical (unpaired) electrons. The quantitative estimate of drug-likeness (QED) is 0.508. The van der Waals surface area contributed by atoms with Gasteiger partial charge in [-0.3, -0.25) is 0 Å². The first-order valence-electron chi connectivity index (χ1n) is 4.69. The maximum atomic E-state index is 9.65. The van der Waals surface area contributed by atoms with Crippen molar-refractivity contribution >= 4 is 0 Å². The van der Waals surface area contributed by atoms with Crippen LogP contribution in [0.25, 0.3) is 0 Å². The van der Waals surface area contributed by atoms with E-state index in [9.17, 15) is 10.2 Å². The minimum atomic E-state index is -0.719. The Labute approximate surface area is 84.8 Å². The Kier molecular flexibility index (Phi) is 6.74. The van der Waals surface area contributed by atoms with Gasteiger partial charge in [0.2, 0.25) is 0 Å². The van der Waals surface area contributed by atoms with Crippen LogP contribution in [0, 0.1) is 5.92 Å². The molecule has 0 aliphatic rings. The first-order valence-corrected chi connectivity index (χ1v) is 4.69. The maximum Gasteiger partial charge on any atom is 0.0852 e. The molecule has 0 aromatic heterocycles. The number of aliphatic hydroxyl groups excluding tert-OH is 3. The van der Waals surface area contributed by atoms with Crippen LogP contribution in [0.15, 0.2) is 12.7 Å². The lowest BCUT2D eigenvalue weighted by atomic mass is 9.94. The average molecular weight is 204 g/mol. The van der Waals surface area contributed by atoms with Crippen LogP contribution < -0.4 is 0 Å². The zero-order valence-electron chi connectivity index (χ0n) is 8.76. The molecule has 4 nitrogen and oxygen atoms in total. The van der Waals surface area contributed by atoms with Gasteiger partial charge in [-0.15, -0.1) is 6.58 Å². The lowest BCUT2D eigenvalue weighted by molar-refractivity contribution is -0.0433. The monoisotopic (exact) mass is 204 g/mol. The van der Waals surface area contributed by atoms with E-state index in [1.165, 1.54) is 13.2 Å². The lowest BCUT2D eigenvalue weighted by Gasteiger charge is -2.26. The van der Waals surface area contributed by atoms with E-state index < -0.39 is 18.3 Å². The van der Waals surface area contributed by atoms with Crippen LogP contribution in [0.4, 0.5) is 0 Å². The first-order chi connectivity index (χ1) is 6.56. The molecule has 3 N–H and O–H groups in total. The van der Waals surface area contributed by atoms with Crippen LogP contribution >= 0.6 is 0 Å². The van der Waals surface area contributed by atoms with Crippen LogP contribution in [-0.2, 0) is 4.74 Å². The van der Waals surface area contributed by atoms with E-state index in [-0.39, 0.29) is 18.9 Å². The van der Waals surface area contributed by atoms with Crippen LogP contribution in [0.5, 0.6) is 0 Å². The van der Waals surface area contributed by atoms with E-state index >= 15 is 0 Å². The third kappa shape index (κ3) is 4.19. The van der Waals surface area contributed by atoms with Crippen LogP contribution in [0.3, 0.4) is 0 Å². The molecule has 0 amide bonds. The van der Waals surface area contributed by atoms with E-state index in [0.29, 0.717) is 0 Å². The molecule has 4 atom stereocenters. The van der Waals surface area contributed by atoms with Gasteiger partial charge in [0.05, 0.1) is 24.9 Å². The van der Waals surface area contributed by atoms with Crippen molar-refractivity contribution in [2.24, 2.45) is 5.92 Å². The lowest BCUT2D eigenvalue weighted by Crippen LogP contribution is -2.35. The summed E-state index contributed by atoms with van der Waals surface area (Å²) < 4.78 is 4.98. The Morgan fingerprint density at radius 1 is 1.43 bits per heavy atom. The van der Waals surface area contributed by atoms with Crippen molar-refractivity contribution < 1.29 is 20.1 Å². The van der Waals surface area contributed by atoms with E-state index in [4.69, 9.17) is 9.84 Å². The molecule has 0 saturated heterocycles. The summed E-state index contributed by atoms with van der Waals surface area (Å²) in [4.78, 5) is 0. The second-order valence-corrected chi connectivity index (χ2v) is 3.42. The third-order valence-electron chi connectivity index (χ3n) is 2.43. The molecule has 14 heavy (non-hydrogen) atoms. The van der Waals surface area contributed by atoms with Gasteiger partial charge in [-0.2, -0.15) is 0 Å². The second kappa shape index (κ2) is 6.95. The Morgan fingerprint density at radius 2 is 2.00 bits per heavy atom. The molecular formula is C10H20O4. The number of hydrogen-bond acceptors (Lipinski definition) is 4. The molecule has 4 heteroatoms.